The molecule has 0 aliphatic rings. The predicted octanol–water partition coefficient (Wildman–Crippen LogP) is 3.68. The molecule has 0 amide bonds. The van der Waals surface area contributed by atoms with Crippen LogP contribution in [0.2, 0.25) is 15.1 Å². The number of benzene rings is 1. The molecule has 0 N–H and O–H groups in total. The van der Waals surface area contributed by atoms with Crippen LogP contribution < -0.4 is 0 Å². The zero-order valence-corrected chi connectivity index (χ0v) is 17.0. The van der Waals surface area contributed by atoms with Crippen LogP contribution >= 0.6 is 34.8 Å². The van der Waals surface area contributed by atoms with Gasteiger partial charge in [0.2, 0.25) is 0 Å². The lowest BCUT2D eigenvalue weighted by atomic mass is 10.2. The van der Waals surface area contributed by atoms with Gasteiger partial charge in [0.25, 0.3) is 10.1 Å². The summed E-state index contributed by atoms with van der Waals surface area (Å²) >= 11 is 17.4. The number of alkyl halides is 1. The molecule has 1 aromatic carbocycles. The first-order valence-corrected chi connectivity index (χ1v) is 9.49. The maximum absolute atomic E-state index is 13.8. The Kier molecular flexibility index (Phi) is 9.54. The summed E-state index contributed by atoms with van der Waals surface area (Å²) in [5, 5.41) is 2.87. The van der Waals surface area contributed by atoms with Gasteiger partial charge in [0.05, 0.1) is 28.4 Å². The molecule has 13 heteroatoms. The van der Waals surface area contributed by atoms with Crippen molar-refractivity contribution in [3.8, 4) is 0 Å². The van der Waals surface area contributed by atoms with Gasteiger partial charge in [-0.15, -0.1) is 0 Å². The van der Waals surface area contributed by atoms with E-state index in [1.807, 2.05) is 0 Å². The van der Waals surface area contributed by atoms with Crippen molar-refractivity contribution in [1.82, 2.24) is 0 Å². The van der Waals surface area contributed by atoms with E-state index >= 15 is 0 Å². The van der Waals surface area contributed by atoms with E-state index in [4.69, 9.17) is 39.0 Å². The van der Waals surface area contributed by atoms with Crippen molar-refractivity contribution in [2.24, 2.45) is 5.16 Å². The Bertz CT molecular complexity index is 791. The Hall–Kier alpha value is -1.33. The molecule has 0 saturated heterocycles. The quantitative estimate of drug-likeness (QED) is 0.180. The van der Waals surface area contributed by atoms with Crippen LogP contribution in [-0.2, 0) is 28.6 Å². The minimum atomic E-state index is -4.53. The predicted molar refractivity (Wildman–Crippen MR) is 96.6 cm³/mol. The highest BCUT2D eigenvalue weighted by Gasteiger charge is 2.28. The normalized spacial score (nSPS) is 14.0. The van der Waals surface area contributed by atoms with Gasteiger partial charge >= 0.3 is 6.16 Å². The van der Waals surface area contributed by atoms with Gasteiger partial charge < -0.3 is 14.3 Å². The van der Waals surface area contributed by atoms with Gasteiger partial charge in [0.15, 0.2) is 0 Å². The molecule has 151 valence electrons. The third kappa shape index (κ3) is 7.67. The number of ether oxygens (including phenoxy) is 2. The Morgan fingerprint density at radius 2 is 1.85 bits per heavy atom. The van der Waals surface area contributed by atoms with Crippen LogP contribution in [0.1, 0.15) is 0 Å². The summed E-state index contributed by atoms with van der Waals surface area (Å²) in [6, 6.07) is 2.08. The summed E-state index contributed by atoms with van der Waals surface area (Å²) in [4.78, 5) is 14.9. The topological polar surface area (TPSA) is 100 Å². The standard InChI is InChI=1S/C14H14Cl3FNO7S/c1-23-14(20)25-7-9(3-8(18)6-19-24-2)26-27(21,22)13-5-11(16)10(15)4-12(13)17/h3-6,8-9H,7H2,1-2H3/t8-,9-/m1/s1. The van der Waals surface area contributed by atoms with E-state index in [1.165, 1.54) is 7.11 Å². The van der Waals surface area contributed by atoms with Gasteiger partial charge in [0.1, 0.15) is 30.9 Å². The third-order valence-electron chi connectivity index (χ3n) is 2.73. The zero-order valence-electron chi connectivity index (χ0n) is 13.9. The highest BCUT2D eigenvalue weighted by molar-refractivity contribution is 7.87. The molecular formula is C14H14Cl3FNO7S. The molecular weight excluding hydrogens is 452 g/mol. The minimum absolute atomic E-state index is 0.0253. The minimum Gasteiger partial charge on any atom is -0.438 e. The summed E-state index contributed by atoms with van der Waals surface area (Å²) < 4.78 is 52.5. The summed E-state index contributed by atoms with van der Waals surface area (Å²) in [5.74, 6) is 0. The van der Waals surface area contributed by atoms with Crippen molar-refractivity contribution in [3.63, 3.8) is 0 Å². The molecule has 1 aromatic rings. The van der Waals surface area contributed by atoms with Crippen molar-refractivity contribution in [1.29, 1.82) is 0 Å². The first kappa shape index (κ1) is 23.7. The van der Waals surface area contributed by atoms with Crippen LogP contribution in [-0.4, -0.2) is 53.9 Å². The smallest absolute Gasteiger partial charge is 0.438 e. The van der Waals surface area contributed by atoms with E-state index in [1.54, 1.807) is 0 Å². The molecule has 8 nitrogen and oxygen atoms in total. The Labute approximate surface area is 170 Å². The molecule has 0 aliphatic heterocycles. The SMILES string of the molecule is CON=C[C@H](F)[CH][C@H](COC(=O)OC)OS(=O)(=O)c1cc(Cl)c(Cl)cc1Cl. The summed E-state index contributed by atoms with van der Waals surface area (Å²) in [6.45, 7) is -0.675. The number of carbonyl (C=O) groups is 1. The highest BCUT2D eigenvalue weighted by Crippen LogP contribution is 2.33. The number of methoxy groups -OCH3 is 1. The summed E-state index contributed by atoms with van der Waals surface area (Å²) in [7, 11) is -2.30. The largest absolute Gasteiger partial charge is 0.508 e. The summed E-state index contributed by atoms with van der Waals surface area (Å²) in [5.41, 5.74) is 0. The van der Waals surface area contributed by atoms with E-state index in [0.717, 1.165) is 31.9 Å². The maximum atomic E-state index is 13.8. The molecule has 2 atom stereocenters. The maximum Gasteiger partial charge on any atom is 0.508 e. The monoisotopic (exact) mass is 464 g/mol. The number of hydrogen-bond acceptors (Lipinski definition) is 8. The number of oxime groups is 1. The lowest BCUT2D eigenvalue weighted by molar-refractivity contribution is 0.0445. The van der Waals surface area contributed by atoms with Gasteiger partial charge in [-0.2, -0.15) is 8.42 Å². The summed E-state index contributed by atoms with van der Waals surface area (Å²) in [6.07, 6.45) is -3.04. The number of rotatable bonds is 9. The molecule has 0 heterocycles. The molecule has 0 spiro atoms. The molecule has 0 bridgehead atoms. The van der Waals surface area contributed by atoms with Gasteiger partial charge in [-0.05, 0) is 12.1 Å². The number of carbonyl (C=O) groups excluding carboxylic acids is 1. The first-order chi connectivity index (χ1) is 12.6. The van der Waals surface area contributed by atoms with Gasteiger partial charge in [-0.3, -0.25) is 4.18 Å². The van der Waals surface area contributed by atoms with E-state index < -0.39 is 40.1 Å². The number of hydrogen-bond donors (Lipinski definition) is 0. The molecule has 1 rings (SSSR count). The lowest BCUT2D eigenvalue weighted by Crippen LogP contribution is -2.29. The first-order valence-electron chi connectivity index (χ1n) is 6.95. The Morgan fingerprint density at radius 3 is 2.44 bits per heavy atom. The average molecular weight is 466 g/mol. The second kappa shape index (κ2) is 10.9. The van der Waals surface area contributed by atoms with Crippen molar-refractivity contribution in [2.45, 2.75) is 17.2 Å². The molecule has 0 aromatic heterocycles. The van der Waals surface area contributed by atoms with Crippen molar-refractivity contribution >= 4 is 57.3 Å². The van der Waals surface area contributed by atoms with Gasteiger partial charge in [-0.25, -0.2) is 9.18 Å². The van der Waals surface area contributed by atoms with Crippen LogP contribution in [0.15, 0.2) is 22.2 Å². The van der Waals surface area contributed by atoms with Gasteiger partial charge in [-0.1, -0.05) is 40.0 Å². The molecule has 1 radical (unpaired) electrons. The van der Waals surface area contributed by atoms with Crippen molar-refractivity contribution < 1.29 is 36.1 Å². The molecule has 27 heavy (non-hydrogen) atoms. The molecule has 0 unspecified atom stereocenters. The van der Waals surface area contributed by atoms with Gasteiger partial charge in [0, 0.05) is 6.42 Å². The van der Waals surface area contributed by atoms with E-state index in [9.17, 15) is 17.6 Å². The Balaban J connectivity index is 3.05. The van der Waals surface area contributed by atoms with Crippen molar-refractivity contribution in [3.05, 3.63) is 33.6 Å². The van der Waals surface area contributed by atoms with Crippen LogP contribution in [0.4, 0.5) is 9.18 Å². The van der Waals surface area contributed by atoms with Crippen LogP contribution in [0.3, 0.4) is 0 Å². The second-order valence-electron chi connectivity index (χ2n) is 4.62. The Morgan fingerprint density at radius 1 is 1.22 bits per heavy atom. The lowest BCUT2D eigenvalue weighted by Gasteiger charge is -2.18. The molecule has 0 fully saturated rings. The zero-order chi connectivity index (χ0) is 20.6. The van der Waals surface area contributed by atoms with Crippen LogP contribution in [0.25, 0.3) is 0 Å². The highest BCUT2D eigenvalue weighted by atomic mass is 35.5. The average Bonchev–Trinajstić information content (AvgIpc) is 2.60. The fourth-order valence-electron chi connectivity index (χ4n) is 1.61. The number of nitrogens with zero attached hydrogens (tertiary/aromatic N) is 1. The fraction of sp³-hybridized carbons (Fsp3) is 0.357. The fourth-order valence-corrected chi connectivity index (χ4v) is 3.61. The van der Waals surface area contributed by atoms with E-state index in [2.05, 4.69) is 19.5 Å². The van der Waals surface area contributed by atoms with Crippen LogP contribution in [0.5, 0.6) is 0 Å². The third-order valence-corrected chi connectivity index (χ3v) is 5.26. The molecule has 0 saturated carbocycles. The van der Waals surface area contributed by atoms with Crippen LogP contribution in [0, 0.1) is 6.42 Å². The van der Waals surface area contributed by atoms with Crippen molar-refractivity contribution in [2.75, 3.05) is 20.8 Å². The molecule has 0 aliphatic carbocycles. The van der Waals surface area contributed by atoms with E-state index in [-0.39, 0.29) is 15.1 Å². The second-order valence-corrected chi connectivity index (χ2v) is 7.39. The number of halogens is 4. The van der Waals surface area contributed by atoms with E-state index in [0.29, 0.717) is 0 Å².